The molecule has 1 rings (SSSR count). The van der Waals surface area contributed by atoms with Crippen LogP contribution in [-0.2, 0) is 0 Å². The molecule has 0 aliphatic carbocycles. The highest BCUT2D eigenvalue weighted by Crippen LogP contribution is 2.33. The number of hydrogen-bond acceptors (Lipinski definition) is 6. The summed E-state index contributed by atoms with van der Waals surface area (Å²) in [6.45, 7) is 4.35. The second-order valence-electron chi connectivity index (χ2n) is 4.68. The largest absolute Gasteiger partial charge is 0.175 e. The molecular weight excluding hydrogens is 337 g/mol. The molecule has 4 atom stereocenters. The maximum Gasteiger partial charge on any atom is 0.0229 e. The summed E-state index contributed by atoms with van der Waals surface area (Å²) < 4.78 is 0. The van der Waals surface area contributed by atoms with Gasteiger partial charge in [-0.1, -0.05) is 13.8 Å². The second kappa shape index (κ2) is 10.8. The molecule has 6 heteroatoms. The standard InChI is InChI=1S/C12H24S6/c1-9(13)3-15-5-11-7-18-12(8-17-11)6-16-4-10(2)14/h9-14H,3-8H2,1-2H3. The third-order valence-electron chi connectivity index (χ3n) is 2.36. The van der Waals surface area contributed by atoms with E-state index in [1.165, 1.54) is 34.5 Å². The van der Waals surface area contributed by atoms with Crippen molar-refractivity contribution in [2.45, 2.75) is 34.8 Å². The lowest BCUT2D eigenvalue weighted by Crippen LogP contribution is -2.25. The van der Waals surface area contributed by atoms with Crippen molar-refractivity contribution in [1.82, 2.24) is 0 Å². The summed E-state index contributed by atoms with van der Waals surface area (Å²) in [5, 5.41) is 2.78. The van der Waals surface area contributed by atoms with Gasteiger partial charge in [0, 0.05) is 55.5 Å². The van der Waals surface area contributed by atoms with E-state index in [4.69, 9.17) is 0 Å². The first-order valence-electron chi connectivity index (χ1n) is 6.32. The van der Waals surface area contributed by atoms with Crippen molar-refractivity contribution in [2.75, 3.05) is 34.5 Å². The first kappa shape index (κ1) is 18.1. The molecule has 4 unspecified atom stereocenters. The molecular formula is C12H24S6. The Morgan fingerprint density at radius 3 is 1.61 bits per heavy atom. The fourth-order valence-electron chi connectivity index (χ4n) is 1.52. The van der Waals surface area contributed by atoms with Gasteiger partial charge in [-0.2, -0.15) is 72.3 Å². The molecule has 0 nitrogen and oxygen atoms in total. The highest BCUT2D eigenvalue weighted by Gasteiger charge is 2.22. The summed E-state index contributed by atoms with van der Waals surface area (Å²) in [5.74, 6) is 7.64. The van der Waals surface area contributed by atoms with E-state index in [9.17, 15) is 0 Å². The average molecular weight is 361 g/mol. The van der Waals surface area contributed by atoms with Crippen LogP contribution < -0.4 is 0 Å². The van der Waals surface area contributed by atoms with Gasteiger partial charge in [0.25, 0.3) is 0 Å². The van der Waals surface area contributed by atoms with E-state index in [0.717, 1.165) is 10.5 Å². The van der Waals surface area contributed by atoms with E-state index >= 15 is 0 Å². The predicted molar refractivity (Wildman–Crippen MR) is 104 cm³/mol. The van der Waals surface area contributed by atoms with Gasteiger partial charge in [0.2, 0.25) is 0 Å². The lowest BCUT2D eigenvalue weighted by atomic mass is 10.5. The van der Waals surface area contributed by atoms with Gasteiger partial charge in [0.15, 0.2) is 0 Å². The van der Waals surface area contributed by atoms with E-state index in [1.807, 2.05) is 0 Å². The smallest absolute Gasteiger partial charge is 0.0229 e. The molecule has 18 heavy (non-hydrogen) atoms. The topological polar surface area (TPSA) is 0 Å². The SMILES string of the molecule is CC(S)CSCC1CSC(CSCC(C)S)CS1. The van der Waals surface area contributed by atoms with Gasteiger partial charge in [-0.05, 0) is 0 Å². The van der Waals surface area contributed by atoms with E-state index in [0.29, 0.717) is 10.5 Å². The minimum Gasteiger partial charge on any atom is -0.175 e. The molecule has 0 aromatic carbocycles. The second-order valence-corrected chi connectivity index (χ2v) is 11.3. The summed E-state index contributed by atoms with van der Waals surface area (Å²) in [6.07, 6.45) is 0. The van der Waals surface area contributed by atoms with E-state index in [-0.39, 0.29) is 0 Å². The first-order chi connectivity index (χ1) is 8.58. The number of rotatable bonds is 8. The molecule has 0 radical (unpaired) electrons. The molecule has 1 heterocycles. The number of thiol groups is 2. The van der Waals surface area contributed by atoms with Crippen molar-refractivity contribution in [3.05, 3.63) is 0 Å². The van der Waals surface area contributed by atoms with Crippen LogP contribution in [0.1, 0.15) is 13.8 Å². The fourth-order valence-corrected chi connectivity index (χ4v) is 7.96. The summed E-state index contributed by atoms with van der Waals surface area (Å²) in [4.78, 5) is 0. The first-order valence-corrected chi connectivity index (χ1v) is 11.8. The van der Waals surface area contributed by atoms with Crippen LogP contribution in [0.5, 0.6) is 0 Å². The van der Waals surface area contributed by atoms with Gasteiger partial charge in [-0.25, -0.2) is 0 Å². The molecule has 0 spiro atoms. The predicted octanol–water partition coefficient (Wildman–Crippen LogP) is 4.31. The molecule has 108 valence electrons. The summed E-state index contributed by atoms with van der Waals surface area (Å²) in [5.41, 5.74) is 0. The van der Waals surface area contributed by atoms with E-state index in [1.54, 1.807) is 0 Å². The maximum absolute atomic E-state index is 4.42. The van der Waals surface area contributed by atoms with Crippen LogP contribution >= 0.6 is 72.3 Å². The third kappa shape index (κ3) is 9.11. The van der Waals surface area contributed by atoms with Crippen molar-refractivity contribution in [1.29, 1.82) is 0 Å². The van der Waals surface area contributed by atoms with Gasteiger partial charge in [0.05, 0.1) is 0 Å². The molecule has 0 N–H and O–H groups in total. The molecule has 1 fully saturated rings. The molecule has 0 bridgehead atoms. The highest BCUT2D eigenvalue weighted by atomic mass is 32.2. The van der Waals surface area contributed by atoms with Gasteiger partial charge in [-0.15, -0.1) is 0 Å². The Bertz CT molecular complexity index is 179. The Kier molecular flexibility index (Phi) is 10.9. The van der Waals surface area contributed by atoms with Crippen molar-refractivity contribution < 1.29 is 0 Å². The summed E-state index contributed by atoms with van der Waals surface area (Å²) >= 11 is 17.3. The van der Waals surface area contributed by atoms with Crippen molar-refractivity contribution in [2.24, 2.45) is 0 Å². The molecule has 1 saturated heterocycles. The molecule has 1 aliphatic rings. The minimum absolute atomic E-state index is 0.531. The normalized spacial score (nSPS) is 28.0. The van der Waals surface area contributed by atoms with Crippen LogP contribution in [0.4, 0.5) is 0 Å². The van der Waals surface area contributed by atoms with Crippen molar-refractivity contribution in [3.63, 3.8) is 0 Å². The van der Waals surface area contributed by atoms with Crippen LogP contribution in [-0.4, -0.2) is 55.5 Å². The van der Waals surface area contributed by atoms with Crippen LogP contribution in [0.2, 0.25) is 0 Å². The number of hydrogen-bond donors (Lipinski definition) is 2. The molecule has 0 saturated carbocycles. The van der Waals surface area contributed by atoms with Gasteiger partial charge in [0.1, 0.15) is 0 Å². The van der Waals surface area contributed by atoms with Gasteiger partial charge >= 0.3 is 0 Å². The van der Waals surface area contributed by atoms with Crippen molar-refractivity contribution >= 4 is 72.3 Å². The third-order valence-corrected chi connectivity index (χ3v) is 9.61. The molecule has 0 amide bonds. The number of thioether (sulfide) groups is 4. The Balaban J connectivity index is 2.02. The Labute approximate surface area is 141 Å². The van der Waals surface area contributed by atoms with Crippen LogP contribution in [0.3, 0.4) is 0 Å². The minimum atomic E-state index is 0.531. The highest BCUT2D eigenvalue weighted by molar-refractivity contribution is 8.09. The van der Waals surface area contributed by atoms with Crippen LogP contribution in [0.25, 0.3) is 0 Å². The lowest BCUT2D eigenvalue weighted by molar-refractivity contribution is 1.05. The van der Waals surface area contributed by atoms with E-state index in [2.05, 4.69) is 86.2 Å². The van der Waals surface area contributed by atoms with Gasteiger partial charge < -0.3 is 0 Å². The monoisotopic (exact) mass is 360 g/mol. The average Bonchev–Trinajstić information content (AvgIpc) is 2.30. The Morgan fingerprint density at radius 2 is 1.33 bits per heavy atom. The van der Waals surface area contributed by atoms with Crippen LogP contribution in [0, 0.1) is 0 Å². The quantitative estimate of drug-likeness (QED) is 0.619. The molecule has 1 aliphatic heterocycles. The van der Waals surface area contributed by atoms with Crippen molar-refractivity contribution in [3.8, 4) is 0 Å². The Hall–Kier alpha value is 2.10. The van der Waals surface area contributed by atoms with Gasteiger partial charge in [-0.3, -0.25) is 0 Å². The lowest BCUT2D eigenvalue weighted by Gasteiger charge is -2.27. The van der Waals surface area contributed by atoms with Crippen LogP contribution in [0.15, 0.2) is 0 Å². The molecule has 0 aromatic rings. The molecule has 0 aromatic heterocycles. The zero-order chi connectivity index (χ0) is 13.4. The zero-order valence-electron chi connectivity index (χ0n) is 11.1. The maximum atomic E-state index is 4.42. The fraction of sp³-hybridized carbons (Fsp3) is 1.00. The zero-order valence-corrected chi connectivity index (χ0v) is 16.1. The Morgan fingerprint density at radius 1 is 0.944 bits per heavy atom. The summed E-state index contributed by atoms with van der Waals surface area (Å²) in [7, 11) is 0. The summed E-state index contributed by atoms with van der Waals surface area (Å²) in [6, 6.07) is 0. The van der Waals surface area contributed by atoms with E-state index < -0.39 is 0 Å².